The zero-order valence-corrected chi connectivity index (χ0v) is 9.34. The minimum Gasteiger partial charge on any atom is -0.166 e. The summed E-state index contributed by atoms with van der Waals surface area (Å²) in [6.07, 6.45) is -9.72. The Morgan fingerprint density at radius 2 is 1.33 bits per heavy atom. The van der Waals surface area contributed by atoms with Crippen LogP contribution in [0.25, 0.3) is 0 Å². The lowest BCUT2D eigenvalue weighted by Gasteiger charge is -2.12. The molecule has 18 heavy (non-hydrogen) atoms. The molecule has 0 aliphatic carbocycles. The summed E-state index contributed by atoms with van der Waals surface area (Å²) in [6.45, 7) is 0. The highest BCUT2D eigenvalue weighted by molar-refractivity contribution is 6.19. The highest BCUT2D eigenvalue weighted by atomic mass is 35.5. The molecule has 0 aromatic heterocycles. The van der Waals surface area contributed by atoms with Crippen molar-refractivity contribution in [2.75, 3.05) is 5.88 Å². The Hall–Kier alpha value is -1.35. The molecule has 0 radical (unpaired) electrons. The molecule has 0 atom stereocenters. The molecular weight excluding hydrogens is 282 g/mol. The number of hydrogen-bond donors (Lipinski definition) is 0. The first kappa shape index (κ1) is 14.7. The Labute approximate surface area is 104 Å². The minimum absolute atomic E-state index is 0.0475. The summed E-state index contributed by atoms with van der Waals surface area (Å²) in [5.74, 6) is 4.16. The highest BCUT2D eigenvalue weighted by Crippen LogP contribution is 2.36. The summed E-state index contributed by atoms with van der Waals surface area (Å²) in [5.41, 5.74) is -3.16. The first-order chi connectivity index (χ1) is 8.14. The van der Waals surface area contributed by atoms with Crippen molar-refractivity contribution in [3.05, 3.63) is 34.9 Å². The molecule has 0 nitrogen and oxygen atoms in total. The maximum Gasteiger partial charge on any atom is 0.416 e. The van der Waals surface area contributed by atoms with E-state index in [1.54, 1.807) is 0 Å². The van der Waals surface area contributed by atoms with Crippen LogP contribution in [0.15, 0.2) is 18.2 Å². The predicted octanol–water partition coefficient (Wildman–Crippen LogP) is 4.31. The van der Waals surface area contributed by atoms with Crippen LogP contribution in [-0.2, 0) is 12.4 Å². The molecule has 98 valence electrons. The van der Waals surface area contributed by atoms with Crippen LogP contribution in [0.4, 0.5) is 26.3 Å². The number of benzene rings is 1. The SMILES string of the molecule is FC(F)(F)c1cc(C#CCCl)cc(C(F)(F)F)c1. The van der Waals surface area contributed by atoms with Crippen molar-refractivity contribution in [1.29, 1.82) is 0 Å². The van der Waals surface area contributed by atoms with E-state index in [0.717, 1.165) is 0 Å². The van der Waals surface area contributed by atoms with Gasteiger partial charge in [0, 0.05) is 5.56 Å². The third-order valence-corrected chi connectivity index (χ3v) is 2.02. The van der Waals surface area contributed by atoms with Gasteiger partial charge in [-0.05, 0) is 18.2 Å². The number of rotatable bonds is 0. The molecule has 0 fully saturated rings. The maximum absolute atomic E-state index is 12.4. The van der Waals surface area contributed by atoms with Gasteiger partial charge in [0.15, 0.2) is 0 Å². The second kappa shape index (κ2) is 5.11. The molecule has 0 aliphatic heterocycles. The second-order valence-electron chi connectivity index (χ2n) is 3.23. The van der Waals surface area contributed by atoms with Crippen molar-refractivity contribution in [2.45, 2.75) is 12.4 Å². The fraction of sp³-hybridized carbons (Fsp3) is 0.273. The van der Waals surface area contributed by atoms with Crippen molar-refractivity contribution >= 4 is 11.6 Å². The lowest BCUT2D eigenvalue weighted by Crippen LogP contribution is -2.11. The van der Waals surface area contributed by atoms with Gasteiger partial charge < -0.3 is 0 Å². The molecule has 0 spiro atoms. The van der Waals surface area contributed by atoms with Gasteiger partial charge in [-0.15, -0.1) is 11.6 Å². The topological polar surface area (TPSA) is 0 Å². The van der Waals surface area contributed by atoms with Crippen LogP contribution < -0.4 is 0 Å². The summed E-state index contributed by atoms with van der Waals surface area (Å²) < 4.78 is 74.5. The summed E-state index contributed by atoms with van der Waals surface area (Å²) in [6, 6.07) is 1.15. The van der Waals surface area contributed by atoms with Gasteiger partial charge in [-0.3, -0.25) is 0 Å². The second-order valence-corrected chi connectivity index (χ2v) is 3.50. The molecule has 1 rings (SSSR count). The molecule has 0 saturated carbocycles. The van der Waals surface area contributed by atoms with E-state index in [0.29, 0.717) is 12.1 Å². The molecule has 0 saturated heterocycles. The van der Waals surface area contributed by atoms with Crippen molar-refractivity contribution in [3.8, 4) is 11.8 Å². The van der Waals surface area contributed by atoms with Gasteiger partial charge in [0.2, 0.25) is 0 Å². The largest absolute Gasteiger partial charge is 0.416 e. The van der Waals surface area contributed by atoms with Crippen LogP contribution in [0.1, 0.15) is 16.7 Å². The molecular formula is C11H5ClF6. The van der Waals surface area contributed by atoms with Crippen molar-refractivity contribution in [1.82, 2.24) is 0 Å². The van der Waals surface area contributed by atoms with E-state index < -0.39 is 23.5 Å². The average Bonchev–Trinajstić information content (AvgIpc) is 2.23. The van der Waals surface area contributed by atoms with E-state index in [1.165, 1.54) is 0 Å². The molecule has 0 N–H and O–H groups in total. The summed E-state index contributed by atoms with van der Waals surface area (Å²) in [7, 11) is 0. The average molecular weight is 287 g/mol. The van der Waals surface area contributed by atoms with E-state index in [2.05, 4.69) is 11.8 Å². The molecule has 7 heteroatoms. The van der Waals surface area contributed by atoms with Crippen LogP contribution in [0.3, 0.4) is 0 Å². The maximum atomic E-state index is 12.4. The van der Waals surface area contributed by atoms with E-state index in [-0.39, 0.29) is 17.5 Å². The van der Waals surface area contributed by atoms with Gasteiger partial charge in [0.25, 0.3) is 0 Å². The number of alkyl halides is 7. The Morgan fingerprint density at radius 1 is 0.889 bits per heavy atom. The van der Waals surface area contributed by atoms with E-state index in [1.807, 2.05) is 0 Å². The Bertz CT molecular complexity index is 457. The Balaban J connectivity index is 3.39. The highest BCUT2D eigenvalue weighted by Gasteiger charge is 2.36. The Kier molecular flexibility index (Phi) is 4.17. The molecule has 0 amide bonds. The van der Waals surface area contributed by atoms with Gasteiger partial charge in [0.1, 0.15) is 0 Å². The molecule has 0 heterocycles. The number of halogens is 7. The zero-order chi connectivity index (χ0) is 14.0. The smallest absolute Gasteiger partial charge is 0.166 e. The molecule has 0 aliphatic rings. The van der Waals surface area contributed by atoms with Gasteiger partial charge in [0.05, 0.1) is 17.0 Å². The molecule has 0 unspecified atom stereocenters. The zero-order valence-electron chi connectivity index (χ0n) is 8.58. The molecule has 0 bridgehead atoms. The molecule has 1 aromatic rings. The fourth-order valence-electron chi connectivity index (χ4n) is 1.16. The predicted molar refractivity (Wildman–Crippen MR) is 54.0 cm³/mol. The van der Waals surface area contributed by atoms with Crippen molar-refractivity contribution < 1.29 is 26.3 Å². The van der Waals surface area contributed by atoms with Gasteiger partial charge in [-0.1, -0.05) is 11.8 Å². The lowest BCUT2D eigenvalue weighted by molar-refractivity contribution is -0.143. The van der Waals surface area contributed by atoms with Crippen LogP contribution in [0.5, 0.6) is 0 Å². The van der Waals surface area contributed by atoms with Crippen LogP contribution in [0.2, 0.25) is 0 Å². The van der Waals surface area contributed by atoms with E-state index in [4.69, 9.17) is 11.6 Å². The first-order valence-electron chi connectivity index (χ1n) is 4.49. The lowest BCUT2D eigenvalue weighted by atomic mass is 10.1. The third-order valence-electron chi connectivity index (χ3n) is 1.89. The summed E-state index contributed by atoms with van der Waals surface area (Å²) in [4.78, 5) is 0. The fourth-order valence-corrected chi connectivity index (χ4v) is 1.23. The van der Waals surface area contributed by atoms with Gasteiger partial charge >= 0.3 is 12.4 Å². The number of hydrogen-bond acceptors (Lipinski definition) is 0. The minimum atomic E-state index is -4.86. The quantitative estimate of drug-likeness (QED) is 0.379. The van der Waals surface area contributed by atoms with Crippen molar-refractivity contribution in [2.24, 2.45) is 0 Å². The monoisotopic (exact) mass is 286 g/mol. The standard InChI is InChI=1S/C11H5ClF6/c12-3-1-2-7-4-8(10(13,14)15)6-9(5-7)11(16,17)18/h4-6H,3H2. The summed E-state index contributed by atoms with van der Waals surface area (Å²) >= 11 is 5.19. The Morgan fingerprint density at radius 3 is 1.67 bits per heavy atom. The van der Waals surface area contributed by atoms with Crippen molar-refractivity contribution in [3.63, 3.8) is 0 Å². The van der Waals surface area contributed by atoms with Crippen LogP contribution in [0, 0.1) is 11.8 Å². The summed E-state index contributed by atoms with van der Waals surface area (Å²) in [5, 5.41) is 0. The van der Waals surface area contributed by atoms with Gasteiger partial charge in [-0.2, -0.15) is 26.3 Å². The van der Waals surface area contributed by atoms with E-state index >= 15 is 0 Å². The van der Waals surface area contributed by atoms with Crippen LogP contribution >= 0.6 is 11.6 Å². The van der Waals surface area contributed by atoms with E-state index in [9.17, 15) is 26.3 Å². The van der Waals surface area contributed by atoms with Crippen LogP contribution in [-0.4, -0.2) is 5.88 Å². The normalized spacial score (nSPS) is 11.9. The first-order valence-corrected chi connectivity index (χ1v) is 5.02. The molecule has 1 aromatic carbocycles. The third kappa shape index (κ3) is 3.84. The van der Waals surface area contributed by atoms with Gasteiger partial charge in [-0.25, -0.2) is 0 Å².